The Hall–Kier alpha value is -2.90. The highest BCUT2D eigenvalue weighted by Gasteiger charge is 2.29. The third-order valence-electron chi connectivity index (χ3n) is 4.70. The van der Waals surface area contributed by atoms with Gasteiger partial charge in [-0.2, -0.15) is 4.98 Å². The number of methoxy groups -OCH3 is 1. The van der Waals surface area contributed by atoms with E-state index in [9.17, 15) is 9.59 Å². The minimum atomic E-state index is -0.0663. The van der Waals surface area contributed by atoms with Crippen LogP contribution in [-0.2, 0) is 16.0 Å². The Morgan fingerprint density at radius 2 is 2.11 bits per heavy atom. The molecule has 2 aromatic rings. The molecule has 1 aliphatic rings. The summed E-state index contributed by atoms with van der Waals surface area (Å²) >= 11 is 0. The quantitative estimate of drug-likeness (QED) is 0.795. The molecule has 1 aromatic heterocycles. The molecule has 8 heteroatoms. The molecule has 0 N–H and O–H groups in total. The molecular weight excluding hydrogens is 348 g/mol. The van der Waals surface area contributed by atoms with Crippen LogP contribution >= 0.6 is 0 Å². The van der Waals surface area contributed by atoms with Gasteiger partial charge in [0.1, 0.15) is 5.75 Å². The number of benzene rings is 1. The van der Waals surface area contributed by atoms with Crippen LogP contribution in [0.1, 0.15) is 26.1 Å². The number of nitrogens with zero attached hydrogens (tertiary/aromatic N) is 4. The number of piperazine rings is 1. The fourth-order valence-corrected chi connectivity index (χ4v) is 3.20. The van der Waals surface area contributed by atoms with Crippen molar-refractivity contribution < 1.29 is 18.8 Å². The number of carbonyl (C=O) groups excluding carboxylic acids is 2. The molecule has 1 aromatic carbocycles. The largest absolute Gasteiger partial charge is 0.497 e. The lowest BCUT2D eigenvalue weighted by atomic mass is 10.1. The minimum Gasteiger partial charge on any atom is -0.497 e. The van der Waals surface area contributed by atoms with Crippen LogP contribution in [0, 0.1) is 0 Å². The molecule has 1 saturated heterocycles. The summed E-state index contributed by atoms with van der Waals surface area (Å²) in [5, 5.41) is 3.92. The summed E-state index contributed by atoms with van der Waals surface area (Å²) in [6.45, 7) is 5.41. The number of rotatable bonds is 5. The number of ether oxygens (including phenoxy) is 1. The zero-order chi connectivity index (χ0) is 19.4. The van der Waals surface area contributed by atoms with Crippen molar-refractivity contribution in [3.05, 3.63) is 30.1 Å². The van der Waals surface area contributed by atoms with Crippen LogP contribution in [0.15, 0.2) is 28.8 Å². The maximum Gasteiger partial charge on any atom is 0.258 e. The minimum absolute atomic E-state index is 0.00719. The van der Waals surface area contributed by atoms with E-state index >= 15 is 0 Å². The molecule has 1 aliphatic heterocycles. The average Bonchev–Trinajstić information content (AvgIpc) is 3.15. The smallest absolute Gasteiger partial charge is 0.258 e. The van der Waals surface area contributed by atoms with Crippen LogP contribution in [0.25, 0.3) is 11.5 Å². The van der Waals surface area contributed by atoms with Gasteiger partial charge in [0.2, 0.25) is 11.8 Å². The van der Waals surface area contributed by atoms with Crippen molar-refractivity contribution >= 4 is 11.8 Å². The summed E-state index contributed by atoms with van der Waals surface area (Å²) in [4.78, 5) is 32.4. The first-order valence-electron chi connectivity index (χ1n) is 9.06. The first kappa shape index (κ1) is 18.9. The van der Waals surface area contributed by atoms with Gasteiger partial charge < -0.3 is 19.1 Å². The van der Waals surface area contributed by atoms with Gasteiger partial charge in [0, 0.05) is 37.7 Å². The van der Waals surface area contributed by atoms with Gasteiger partial charge in [-0.3, -0.25) is 9.59 Å². The maximum atomic E-state index is 12.6. The lowest BCUT2D eigenvalue weighted by Gasteiger charge is -2.39. The van der Waals surface area contributed by atoms with E-state index < -0.39 is 0 Å². The zero-order valence-electron chi connectivity index (χ0n) is 15.8. The Morgan fingerprint density at radius 3 is 2.81 bits per heavy atom. The summed E-state index contributed by atoms with van der Waals surface area (Å²) in [6.07, 6.45) is 0.552. The van der Waals surface area contributed by atoms with Gasteiger partial charge in [0.15, 0.2) is 5.82 Å². The first-order valence-corrected chi connectivity index (χ1v) is 9.06. The van der Waals surface area contributed by atoms with Gasteiger partial charge in [-0.05, 0) is 25.1 Å². The van der Waals surface area contributed by atoms with Crippen LogP contribution in [0.2, 0.25) is 0 Å². The Morgan fingerprint density at radius 1 is 1.30 bits per heavy atom. The SMILES string of the molecule is CCC(=O)N1CCN(C(=O)Cc2noc(-c3cccc(OC)c3)n2)CC1C. The second-order valence-electron chi connectivity index (χ2n) is 6.55. The van der Waals surface area contributed by atoms with Crippen LogP contribution in [-0.4, -0.2) is 64.5 Å². The summed E-state index contributed by atoms with van der Waals surface area (Å²) in [5.74, 6) is 1.44. The standard InChI is InChI=1S/C19H24N4O4/c1-4-17(24)23-9-8-22(12-13(23)2)18(25)11-16-20-19(27-21-16)14-6-5-7-15(10-14)26-3/h5-7,10,13H,4,8-9,11-12H2,1-3H3. The zero-order valence-corrected chi connectivity index (χ0v) is 15.8. The Kier molecular flexibility index (Phi) is 5.73. The van der Waals surface area contributed by atoms with Crippen molar-refractivity contribution in [2.45, 2.75) is 32.7 Å². The molecule has 1 unspecified atom stereocenters. The van der Waals surface area contributed by atoms with Gasteiger partial charge in [-0.15, -0.1) is 0 Å². The summed E-state index contributed by atoms with van der Waals surface area (Å²) in [7, 11) is 1.59. The Balaban J connectivity index is 1.62. The van der Waals surface area contributed by atoms with E-state index in [1.807, 2.05) is 36.9 Å². The van der Waals surface area contributed by atoms with E-state index in [-0.39, 0.29) is 24.3 Å². The number of amides is 2. The molecule has 27 heavy (non-hydrogen) atoms. The Labute approximate surface area is 158 Å². The van der Waals surface area contributed by atoms with Gasteiger partial charge in [0.05, 0.1) is 13.5 Å². The summed E-state index contributed by atoms with van der Waals surface area (Å²) < 4.78 is 10.5. The van der Waals surface area contributed by atoms with E-state index in [0.29, 0.717) is 43.5 Å². The predicted molar refractivity (Wildman–Crippen MR) is 98.0 cm³/mol. The summed E-state index contributed by atoms with van der Waals surface area (Å²) in [5.41, 5.74) is 0.737. The van der Waals surface area contributed by atoms with Crippen molar-refractivity contribution in [2.75, 3.05) is 26.7 Å². The lowest BCUT2D eigenvalue weighted by Crippen LogP contribution is -2.55. The van der Waals surface area contributed by atoms with Gasteiger partial charge >= 0.3 is 0 Å². The predicted octanol–water partition coefficient (Wildman–Crippen LogP) is 1.76. The molecule has 0 aliphatic carbocycles. The van der Waals surface area contributed by atoms with Gasteiger partial charge in [-0.25, -0.2) is 0 Å². The third-order valence-corrected chi connectivity index (χ3v) is 4.70. The van der Waals surface area contributed by atoms with Crippen LogP contribution in [0.5, 0.6) is 5.75 Å². The molecule has 1 fully saturated rings. The van der Waals surface area contributed by atoms with E-state index in [4.69, 9.17) is 9.26 Å². The lowest BCUT2D eigenvalue weighted by molar-refractivity contribution is -0.142. The fraction of sp³-hybridized carbons (Fsp3) is 0.474. The molecule has 0 bridgehead atoms. The van der Waals surface area contributed by atoms with E-state index in [1.54, 1.807) is 18.1 Å². The Bertz CT molecular complexity index is 820. The van der Waals surface area contributed by atoms with Crippen molar-refractivity contribution in [1.29, 1.82) is 0 Å². The fourth-order valence-electron chi connectivity index (χ4n) is 3.20. The van der Waals surface area contributed by atoms with Crippen LogP contribution in [0.3, 0.4) is 0 Å². The third kappa shape index (κ3) is 4.27. The molecule has 2 heterocycles. The number of aromatic nitrogens is 2. The molecule has 8 nitrogen and oxygen atoms in total. The van der Waals surface area contributed by atoms with E-state index in [0.717, 1.165) is 5.56 Å². The first-order chi connectivity index (χ1) is 13.0. The molecule has 2 amide bonds. The normalized spacial score (nSPS) is 17.1. The second kappa shape index (κ2) is 8.20. The van der Waals surface area contributed by atoms with Gasteiger partial charge in [0.25, 0.3) is 5.89 Å². The van der Waals surface area contributed by atoms with Crippen molar-refractivity contribution in [3.8, 4) is 17.2 Å². The monoisotopic (exact) mass is 372 g/mol. The highest BCUT2D eigenvalue weighted by Crippen LogP contribution is 2.22. The number of hydrogen-bond acceptors (Lipinski definition) is 6. The molecule has 0 spiro atoms. The van der Waals surface area contributed by atoms with Crippen LogP contribution < -0.4 is 4.74 Å². The number of hydrogen-bond donors (Lipinski definition) is 0. The molecule has 0 saturated carbocycles. The molecule has 1 atom stereocenters. The molecule has 3 rings (SSSR count). The highest BCUT2D eigenvalue weighted by atomic mass is 16.5. The van der Waals surface area contributed by atoms with E-state index in [2.05, 4.69) is 10.1 Å². The van der Waals surface area contributed by atoms with Crippen molar-refractivity contribution in [2.24, 2.45) is 0 Å². The number of carbonyl (C=O) groups is 2. The average molecular weight is 372 g/mol. The van der Waals surface area contributed by atoms with E-state index in [1.165, 1.54) is 0 Å². The van der Waals surface area contributed by atoms with Crippen molar-refractivity contribution in [1.82, 2.24) is 19.9 Å². The topological polar surface area (TPSA) is 88.8 Å². The van der Waals surface area contributed by atoms with Gasteiger partial charge in [-0.1, -0.05) is 18.1 Å². The molecule has 144 valence electrons. The molecular formula is C19H24N4O4. The van der Waals surface area contributed by atoms with Crippen molar-refractivity contribution in [3.63, 3.8) is 0 Å². The second-order valence-corrected chi connectivity index (χ2v) is 6.55. The molecule has 0 radical (unpaired) electrons. The highest BCUT2D eigenvalue weighted by molar-refractivity contribution is 5.79. The maximum absolute atomic E-state index is 12.6. The van der Waals surface area contributed by atoms with Crippen LogP contribution in [0.4, 0.5) is 0 Å². The summed E-state index contributed by atoms with van der Waals surface area (Å²) in [6, 6.07) is 7.31.